The molecule has 0 aromatic heterocycles. The van der Waals surface area contributed by atoms with Gasteiger partial charge in [-0.2, -0.15) is 0 Å². The summed E-state index contributed by atoms with van der Waals surface area (Å²) in [6.45, 7) is 12.7. The number of piperazine rings is 1. The van der Waals surface area contributed by atoms with E-state index in [0.717, 1.165) is 32.6 Å². The molecule has 5 heteroatoms. The Morgan fingerprint density at radius 1 is 1.35 bits per heavy atom. The van der Waals surface area contributed by atoms with Crippen molar-refractivity contribution < 1.29 is 9.53 Å². The van der Waals surface area contributed by atoms with Gasteiger partial charge in [-0.05, 0) is 27.3 Å². The second kappa shape index (κ2) is 7.38. The van der Waals surface area contributed by atoms with Crippen molar-refractivity contribution in [2.75, 3.05) is 40.3 Å². The minimum Gasteiger partial charge on any atom is -0.468 e. The number of rotatable bonds is 6. The minimum absolute atomic E-state index is 0.160. The van der Waals surface area contributed by atoms with E-state index in [9.17, 15) is 4.79 Å². The second-order valence-corrected chi connectivity index (χ2v) is 6.70. The topological polar surface area (TPSA) is 44.8 Å². The third kappa shape index (κ3) is 5.04. The van der Waals surface area contributed by atoms with Crippen molar-refractivity contribution in [3.8, 4) is 0 Å². The van der Waals surface area contributed by atoms with Gasteiger partial charge < -0.3 is 15.0 Å². The first-order chi connectivity index (χ1) is 9.26. The van der Waals surface area contributed by atoms with E-state index in [4.69, 9.17) is 4.74 Å². The Balaban J connectivity index is 2.49. The van der Waals surface area contributed by atoms with Gasteiger partial charge in [0.05, 0.1) is 7.11 Å². The van der Waals surface area contributed by atoms with E-state index in [1.165, 1.54) is 7.11 Å². The summed E-state index contributed by atoms with van der Waals surface area (Å²) < 4.78 is 4.88. The molecule has 0 aromatic rings. The summed E-state index contributed by atoms with van der Waals surface area (Å²) in [5.74, 6) is -0.160. The van der Waals surface area contributed by atoms with Crippen molar-refractivity contribution in [1.29, 1.82) is 0 Å². The third-order valence-corrected chi connectivity index (χ3v) is 4.15. The van der Waals surface area contributed by atoms with Crippen molar-refractivity contribution in [3.05, 3.63) is 0 Å². The minimum atomic E-state index is -0.206. The highest BCUT2D eigenvalue weighted by Gasteiger charge is 2.31. The molecule has 1 unspecified atom stereocenters. The molecular weight excluding hydrogens is 254 g/mol. The van der Waals surface area contributed by atoms with Crippen LogP contribution in [0.1, 0.15) is 34.1 Å². The molecule has 1 saturated heterocycles. The highest BCUT2D eigenvalue weighted by molar-refractivity contribution is 5.75. The molecule has 0 aliphatic carbocycles. The Labute approximate surface area is 123 Å². The van der Waals surface area contributed by atoms with Crippen LogP contribution in [0.5, 0.6) is 0 Å². The van der Waals surface area contributed by atoms with E-state index in [2.05, 4.69) is 49.9 Å². The van der Waals surface area contributed by atoms with Gasteiger partial charge in [0, 0.05) is 37.8 Å². The molecular formula is C15H31N3O2. The molecule has 0 radical (unpaired) electrons. The Bertz CT molecular complexity index is 318. The van der Waals surface area contributed by atoms with Gasteiger partial charge in [-0.25, -0.2) is 0 Å². The molecule has 1 fully saturated rings. The number of hydrogen-bond acceptors (Lipinski definition) is 5. The Morgan fingerprint density at radius 3 is 2.50 bits per heavy atom. The third-order valence-electron chi connectivity index (χ3n) is 4.15. The number of ether oxygens (including phenoxy) is 1. The first-order valence-corrected chi connectivity index (χ1v) is 7.53. The zero-order valence-electron chi connectivity index (χ0n) is 13.9. The fourth-order valence-electron chi connectivity index (χ4n) is 2.66. The van der Waals surface area contributed by atoms with Crippen LogP contribution in [0, 0.1) is 0 Å². The number of esters is 1. The summed E-state index contributed by atoms with van der Waals surface area (Å²) in [5, 5.41) is 3.29. The summed E-state index contributed by atoms with van der Waals surface area (Å²) in [7, 11) is 3.63. The smallest absolute Gasteiger partial charge is 0.322 e. The van der Waals surface area contributed by atoms with Gasteiger partial charge in [0.25, 0.3) is 0 Å². The van der Waals surface area contributed by atoms with E-state index >= 15 is 0 Å². The molecule has 1 aliphatic rings. The molecule has 0 aromatic carbocycles. The van der Waals surface area contributed by atoms with Crippen LogP contribution in [-0.4, -0.2) is 73.7 Å². The fourth-order valence-corrected chi connectivity index (χ4v) is 2.66. The summed E-state index contributed by atoms with van der Waals surface area (Å²) >= 11 is 0. The number of methoxy groups -OCH3 is 1. The van der Waals surface area contributed by atoms with E-state index in [1.807, 2.05) is 0 Å². The number of nitrogens with zero attached hydrogens (tertiary/aromatic N) is 2. The number of carbonyl (C=O) groups is 1. The molecule has 1 atom stereocenters. The fraction of sp³-hybridized carbons (Fsp3) is 0.933. The summed E-state index contributed by atoms with van der Waals surface area (Å²) in [6, 6.07) is 0.0748. The molecule has 0 saturated carbocycles. The number of carbonyl (C=O) groups excluding carboxylic acids is 1. The zero-order chi connectivity index (χ0) is 15.3. The maximum Gasteiger partial charge on any atom is 0.322 e. The highest BCUT2D eigenvalue weighted by atomic mass is 16.5. The van der Waals surface area contributed by atoms with Gasteiger partial charge in [-0.15, -0.1) is 0 Å². The molecule has 1 N–H and O–H groups in total. The lowest BCUT2D eigenvalue weighted by atomic mass is 9.99. The van der Waals surface area contributed by atoms with Gasteiger partial charge in [0.1, 0.15) is 6.04 Å². The highest BCUT2D eigenvalue weighted by Crippen LogP contribution is 2.19. The molecule has 1 rings (SSSR count). The van der Waals surface area contributed by atoms with E-state index < -0.39 is 0 Å². The van der Waals surface area contributed by atoms with Crippen LogP contribution in [0.3, 0.4) is 0 Å². The molecule has 1 aliphatic heterocycles. The normalized spacial score (nSPS) is 21.9. The summed E-state index contributed by atoms with van der Waals surface area (Å²) in [5.41, 5.74) is 0.199. The quantitative estimate of drug-likeness (QED) is 0.736. The standard InChI is InChI=1S/C15H31N3O2/c1-12(2)16-13(14(19)20-6)7-8-18-10-9-17(5)15(3,4)11-18/h12-13,16H,7-11H2,1-6H3. The van der Waals surface area contributed by atoms with Gasteiger partial charge in [-0.1, -0.05) is 13.8 Å². The van der Waals surface area contributed by atoms with Crippen LogP contribution in [0.4, 0.5) is 0 Å². The van der Waals surface area contributed by atoms with Crippen LogP contribution in [0.2, 0.25) is 0 Å². The van der Waals surface area contributed by atoms with Crippen LogP contribution < -0.4 is 5.32 Å². The van der Waals surface area contributed by atoms with Crippen molar-refractivity contribution in [3.63, 3.8) is 0 Å². The SMILES string of the molecule is COC(=O)C(CCN1CCN(C)C(C)(C)C1)NC(C)C. The first kappa shape index (κ1) is 17.4. The number of hydrogen-bond donors (Lipinski definition) is 1. The Morgan fingerprint density at radius 2 is 2.00 bits per heavy atom. The van der Waals surface area contributed by atoms with Crippen molar-refractivity contribution in [2.24, 2.45) is 0 Å². The van der Waals surface area contributed by atoms with E-state index in [0.29, 0.717) is 0 Å². The number of nitrogens with one attached hydrogen (secondary N) is 1. The van der Waals surface area contributed by atoms with Crippen LogP contribution in [-0.2, 0) is 9.53 Å². The Hall–Kier alpha value is -0.650. The van der Waals surface area contributed by atoms with Crippen LogP contribution >= 0.6 is 0 Å². The molecule has 0 spiro atoms. The van der Waals surface area contributed by atoms with Gasteiger partial charge in [-0.3, -0.25) is 9.69 Å². The van der Waals surface area contributed by atoms with Crippen LogP contribution in [0.25, 0.3) is 0 Å². The van der Waals surface area contributed by atoms with Crippen molar-refractivity contribution in [1.82, 2.24) is 15.1 Å². The van der Waals surface area contributed by atoms with Crippen molar-refractivity contribution in [2.45, 2.75) is 51.7 Å². The molecule has 20 heavy (non-hydrogen) atoms. The summed E-state index contributed by atoms with van der Waals surface area (Å²) in [6.07, 6.45) is 0.796. The zero-order valence-corrected chi connectivity index (χ0v) is 13.9. The second-order valence-electron chi connectivity index (χ2n) is 6.70. The Kier molecular flexibility index (Phi) is 6.43. The van der Waals surface area contributed by atoms with Crippen LogP contribution in [0.15, 0.2) is 0 Å². The first-order valence-electron chi connectivity index (χ1n) is 7.53. The summed E-state index contributed by atoms with van der Waals surface area (Å²) in [4.78, 5) is 16.6. The average molecular weight is 285 g/mol. The number of likely N-dealkylation sites (N-methyl/N-ethyl adjacent to an activating group) is 1. The van der Waals surface area contributed by atoms with Gasteiger partial charge >= 0.3 is 5.97 Å². The molecule has 5 nitrogen and oxygen atoms in total. The lowest BCUT2D eigenvalue weighted by molar-refractivity contribution is -0.143. The monoisotopic (exact) mass is 285 g/mol. The van der Waals surface area contributed by atoms with E-state index in [-0.39, 0.29) is 23.6 Å². The predicted octanol–water partition coefficient (Wildman–Crippen LogP) is 0.942. The van der Waals surface area contributed by atoms with Crippen molar-refractivity contribution >= 4 is 5.97 Å². The molecule has 118 valence electrons. The van der Waals surface area contributed by atoms with Gasteiger partial charge in [0.15, 0.2) is 0 Å². The largest absolute Gasteiger partial charge is 0.468 e. The average Bonchev–Trinajstić information content (AvgIpc) is 2.36. The van der Waals surface area contributed by atoms with Gasteiger partial charge in [0.2, 0.25) is 0 Å². The molecule has 1 heterocycles. The molecule has 0 bridgehead atoms. The maximum atomic E-state index is 11.8. The lowest BCUT2D eigenvalue weighted by Crippen LogP contribution is -2.58. The van der Waals surface area contributed by atoms with E-state index in [1.54, 1.807) is 0 Å². The maximum absolute atomic E-state index is 11.8. The lowest BCUT2D eigenvalue weighted by Gasteiger charge is -2.45. The predicted molar refractivity (Wildman–Crippen MR) is 81.8 cm³/mol. The molecule has 0 amide bonds.